The third-order valence-electron chi connectivity index (χ3n) is 3.41. The van der Waals surface area contributed by atoms with Crippen molar-refractivity contribution in [2.45, 2.75) is 20.8 Å². The lowest BCUT2D eigenvalue weighted by molar-refractivity contribution is 0.0526. The van der Waals surface area contributed by atoms with Crippen molar-refractivity contribution >= 4 is 5.97 Å². The normalized spacial score (nSPS) is 10.0. The lowest BCUT2D eigenvalue weighted by Gasteiger charge is -2.10. The van der Waals surface area contributed by atoms with Gasteiger partial charge in [-0.1, -0.05) is 18.2 Å². The van der Waals surface area contributed by atoms with E-state index in [1.54, 1.807) is 19.1 Å². The molecule has 0 aliphatic heterocycles. The molecular weight excluding hydrogens is 262 g/mol. The van der Waals surface area contributed by atoms with Crippen molar-refractivity contribution < 1.29 is 9.53 Å². The predicted molar refractivity (Wildman–Crippen MR) is 82.0 cm³/mol. The minimum absolute atomic E-state index is 0.316. The number of ether oxygens (including phenoxy) is 1. The van der Waals surface area contributed by atoms with Gasteiger partial charge in [0.2, 0.25) is 0 Å². The van der Waals surface area contributed by atoms with E-state index < -0.39 is 0 Å². The molecule has 0 heterocycles. The van der Waals surface area contributed by atoms with E-state index in [0.29, 0.717) is 17.7 Å². The maximum atomic E-state index is 11.8. The maximum Gasteiger partial charge on any atom is 0.338 e. The Kier molecular flexibility index (Phi) is 4.39. The summed E-state index contributed by atoms with van der Waals surface area (Å²) in [4.78, 5) is 11.8. The molecule has 0 unspecified atom stereocenters. The van der Waals surface area contributed by atoms with Gasteiger partial charge < -0.3 is 4.74 Å². The SMILES string of the molecule is CCOC(=O)c1ccc(C)c(-c2ccc(C#N)c(C)c2)c1. The average molecular weight is 279 g/mol. The van der Waals surface area contributed by atoms with Crippen LogP contribution in [0.15, 0.2) is 36.4 Å². The van der Waals surface area contributed by atoms with Crippen LogP contribution >= 0.6 is 0 Å². The summed E-state index contributed by atoms with van der Waals surface area (Å²) in [5, 5.41) is 9.00. The number of carbonyl (C=O) groups is 1. The van der Waals surface area contributed by atoms with Crippen LogP contribution in [0, 0.1) is 25.2 Å². The summed E-state index contributed by atoms with van der Waals surface area (Å²) in [5.74, 6) is -0.316. The Balaban J connectivity index is 2.48. The first-order valence-corrected chi connectivity index (χ1v) is 6.85. The molecule has 0 amide bonds. The van der Waals surface area contributed by atoms with Crippen LogP contribution in [-0.2, 0) is 4.74 Å². The van der Waals surface area contributed by atoms with Crippen LogP contribution in [0.3, 0.4) is 0 Å². The van der Waals surface area contributed by atoms with Crippen LogP contribution in [0.25, 0.3) is 11.1 Å². The van der Waals surface area contributed by atoms with Gasteiger partial charge in [0.15, 0.2) is 0 Å². The summed E-state index contributed by atoms with van der Waals surface area (Å²) < 4.78 is 5.04. The first kappa shape index (κ1) is 14.8. The summed E-state index contributed by atoms with van der Waals surface area (Å²) >= 11 is 0. The Labute approximate surface area is 124 Å². The zero-order valence-electron chi connectivity index (χ0n) is 12.4. The predicted octanol–water partition coefficient (Wildman–Crippen LogP) is 4.02. The Bertz CT molecular complexity index is 726. The Morgan fingerprint density at radius 1 is 1.14 bits per heavy atom. The Hall–Kier alpha value is -2.60. The topological polar surface area (TPSA) is 50.1 Å². The second kappa shape index (κ2) is 6.23. The van der Waals surface area contributed by atoms with Crippen molar-refractivity contribution in [1.29, 1.82) is 5.26 Å². The average Bonchev–Trinajstić information content (AvgIpc) is 2.48. The summed E-state index contributed by atoms with van der Waals surface area (Å²) in [5.41, 5.74) is 5.18. The quantitative estimate of drug-likeness (QED) is 0.797. The van der Waals surface area contributed by atoms with Crippen LogP contribution in [0.5, 0.6) is 0 Å². The van der Waals surface area contributed by atoms with Crippen LogP contribution in [0.1, 0.15) is 34.0 Å². The molecule has 2 aromatic rings. The highest BCUT2D eigenvalue weighted by Crippen LogP contribution is 2.26. The molecule has 21 heavy (non-hydrogen) atoms. The fourth-order valence-corrected chi connectivity index (χ4v) is 2.23. The van der Waals surface area contributed by atoms with Gasteiger partial charge in [-0.3, -0.25) is 0 Å². The maximum absolute atomic E-state index is 11.8. The highest BCUT2D eigenvalue weighted by atomic mass is 16.5. The van der Waals surface area contributed by atoms with Gasteiger partial charge in [0, 0.05) is 0 Å². The molecule has 0 N–H and O–H groups in total. The van der Waals surface area contributed by atoms with Gasteiger partial charge in [-0.15, -0.1) is 0 Å². The van der Waals surface area contributed by atoms with Crippen LogP contribution in [0.4, 0.5) is 0 Å². The van der Waals surface area contributed by atoms with Gasteiger partial charge >= 0.3 is 5.97 Å². The monoisotopic (exact) mass is 279 g/mol. The summed E-state index contributed by atoms with van der Waals surface area (Å²) in [7, 11) is 0. The molecule has 0 bridgehead atoms. The van der Waals surface area contributed by atoms with Crippen molar-refractivity contribution in [3.63, 3.8) is 0 Å². The third kappa shape index (κ3) is 3.11. The Morgan fingerprint density at radius 2 is 1.90 bits per heavy atom. The first-order chi connectivity index (χ1) is 10.1. The number of nitriles is 1. The fourth-order valence-electron chi connectivity index (χ4n) is 2.23. The Morgan fingerprint density at radius 3 is 2.52 bits per heavy atom. The molecule has 2 rings (SSSR count). The number of aryl methyl sites for hydroxylation is 2. The number of hydrogen-bond donors (Lipinski definition) is 0. The lowest BCUT2D eigenvalue weighted by Crippen LogP contribution is -2.05. The lowest BCUT2D eigenvalue weighted by atomic mass is 9.95. The van der Waals surface area contributed by atoms with Crippen LogP contribution < -0.4 is 0 Å². The largest absolute Gasteiger partial charge is 0.462 e. The third-order valence-corrected chi connectivity index (χ3v) is 3.41. The van der Waals surface area contributed by atoms with E-state index in [9.17, 15) is 4.79 Å². The van der Waals surface area contributed by atoms with Gasteiger partial charge in [-0.25, -0.2) is 4.79 Å². The van der Waals surface area contributed by atoms with E-state index >= 15 is 0 Å². The van der Waals surface area contributed by atoms with E-state index in [2.05, 4.69) is 6.07 Å². The van der Waals surface area contributed by atoms with Gasteiger partial charge in [0.1, 0.15) is 0 Å². The minimum atomic E-state index is -0.316. The number of rotatable bonds is 3. The molecule has 2 aromatic carbocycles. The van der Waals surface area contributed by atoms with Gasteiger partial charge in [0.05, 0.1) is 23.8 Å². The van der Waals surface area contributed by atoms with Gasteiger partial charge in [-0.2, -0.15) is 5.26 Å². The van der Waals surface area contributed by atoms with E-state index in [1.165, 1.54) is 0 Å². The van der Waals surface area contributed by atoms with Crippen molar-refractivity contribution in [1.82, 2.24) is 0 Å². The standard InChI is InChI=1S/C18H17NO2/c1-4-21-18(20)15-6-5-12(2)17(10-15)14-7-8-16(11-19)13(3)9-14/h5-10H,4H2,1-3H3. The fraction of sp³-hybridized carbons (Fsp3) is 0.222. The number of carbonyl (C=O) groups excluding carboxylic acids is 1. The second-order valence-corrected chi connectivity index (χ2v) is 4.89. The molecule has 106 valence electrons. The van der Waals surface area contributed by atoms with E-state index in [-0.39, 0.29) is 5.97 Å². The highest BCUT2D eigenvalue weighted by molar-refractivity contribution is 5.91. The molecule has 0 atom stereocenters. The molecule has 0 aliphatic rings. The molecule has 0 spiro atoms. The number of nitrogens with zero attached hydrogens (tertiary/aromatic N) is 1. The van der Waals surface area contributed by atoms with Gasteiger partial charge in [-0.05, 0) is 61.2 Å². The highest BCUT2D eigenvalue weighted by Gasteiger charge is 2.11. The molecule has 3 heteroatoms. The molecule has 0 aliphatic carbocycles. The van der Waals surface area contributed by atoms with Crippen molar-refractivity contribution in [3.8, 4) is 17.2 Å². The summed E-state index contributed by atoms with van der Waals surface area (Å²) in [6, 6.07) is 13.4. The molecule has 3 nitrogen and oxygen atoms in total. The van der Waals surface area contributed by atoms with Gasteiger partial charge in [0.25, 0.3) is 0 Å². The number of benzene rings is 2. The summed E-state index contributed by atoms with van der Waals surface area (Å²) in [6.45, 7) is 6.05. The minimum Gasteiger partial charge on any atom is -0.462 e. The molecule has 0 saturated heterocycles. The zero-order chi connectivity index (χ0) is 15.4. The number of hydrogen-bond acceptors (Lipinski definition) is 3. The molecule has 0 saturated carbocycles. The second-order valence-electron chi connectivity index (χ2n) is 4.89. The van der Waals surface area contributed by atoms with Crippen LogP contribution in [0.2, 0.25) is 0 Å². The summed E-state index contributed by atoms with van der Waals surface area (Å²) in [6.07, 6.45) is 0. The smallest absolute Gasteiger partial charge is 0.338 e. The molecule has 0 radical (unpaired) electrons. The molecule has 0 aromatic heterocycles. The van der Waals surface area contributed by atoms with Crippen molar-refractivity contribution in [3.05, 3.63) is 58.7 Å². The number of esters is 1. The van der Waals surface area contributed by atoms with Crippen molar-refractivity contribution in [2.75, 3.05) is 6.61 Å². The van der Waals surface area contributed by atoms with Crippen molar-refractivity contribution in [2.24, 2.45) is 0 Å². The van der Waals surface area contributed by atoms with E-state index in [1.807, 2.05) is 38.1 Å². The van der Waals surface area contributed by atoms with E-state index in [4.69, 9.17) is 10.00 Å². The molecular formula is C18H17NO2. The van der Waals surface area contributed by atoms with E-state index in [0.717, 1.165) is 22.3 Å². The van der Waals surface area contributed by atoms with Crippen LogP contribution in [-0.4, -0.2) is 12.6 Å². The zero-order valence-corrected chi connectivity index (χ0v) is 12.4. The molecule has 0 fully saturated rings. The first-order valence-electron chi connectivity index (χ1n) is 6.85.